The van der Waals surface area contributed by atoms with E-state index in [-0.39, 0.29) is 0 Å². The van der Waals surface area contributed by atoms with Crippen molar-refractivity contribution >= 4 is 0 Å². The van der Waals surface area contributed by atoms with Crippen LogP contribution in [0, 0.1) is 0 Å². The molecule has 70 valence electrons. The van der Waals surface area contributed by atoms with E-state index in [1.54, 1.807) is 6.92 Å². The zero-order valence-corrected chi connectivity index (χ0v) is 8.13. The molecule has 0 bridgehead atoms. The average molecular weight is 170 g/mol. The normalized spacial score (nSPS) is 12.3. The zero-order valence-electron chi connectivity index (χ0n) is 8.13. The highest BCUT2D eigenvalue weighted by Gasteiger charge is 2.02. The van der Waals surface area contributed by atoms with Gasteiger partial charge in [-0.05, 0) is 26.3 Å². The van der Waals surface area contributed by atoms with Crippen LogP contribution in [0.15, 0.2) is 23.8 Å². The molecule has 1 unspecified atom stereocenters. The van der Waals surface area contributed by atoms with Gasteiger partial charge in [0.15, 0.2) is 0 Å². The lowest BCUT2D eigenvalue weighted by molar-refractivity contribution is 0.0689. The SMILES string of the molecule is C=C(C)C(O)COCC=C(C)C. The smallest absolute Gasteiger partial charge is 0.0978 e. The van der Waals surface area contributed by atoms with E-state index in [2.05, 4.69) is 6.58 Å². The van der Waals surface area contributed by atoms with Crippen molar-refractivity contribution in [3.05, 3.63) is 23.8 Å². The van der Waals surface area contributed by atoms with Crippen molar-refractivity contribution in [2.75, 3.05) is 13.2 Å². The number of ether oxygens (including phenoxy) is 1. The van der Waals surface area contributed by atoms with Crippen LogP contribution in [0.25, 0.3) is 0 Å². The number of allylic oxidation sites excluding steroid dienone is 1. The van der Waals surface area contributed by atoms with Gasteiger partial charge in [0.05, 0.1) is 19.3 Å². The fourth-order valence-corrected chi connectivity index (χ4v) is 0.548. The van der Waals surface area contributed by atoms with Gasteiger partial charge in [-0.25, -0.2) is 0 Å². The van der Waals surface area contributed by atoms with Crippen molar-refractivity contribution in [3.8, 4) is 0 Å². The van der Waals surface area contributed by atoms with Crippen LogP contribution in [-0.4, -0.2) is 24.4 Å². The lowest BCUT2D eigenvalue weighted by Gasteiger charge is -2.09. The monoisotopic (exact) mass is 170 g/mol. The van der Waals surface area contributed by atoms with Gasteiger partial charge < -0.3 is 9.84 Å². The molecular formula is C10H18O2. The van der Waals surface area contributed by atoms with E-state index in [0.29, 0.717) is 13.2 Å². The molecule has 0 radical (unpaired) electrons. The molecular weight excluding hydrogens is 152 g/mol. The van der Waals surface area contributed by atoms with Crippen LogP contribution in [0.1, 0.15) is 20.8 Å². The Bertz CT molecular complexity index is 167. The number of hydrogen-bond acceptors (Lipinski definition) is 2. The number of rotatable bonds is 5. The first-order chi connectivity index (χ1) is 5.54. The average Bonchev–Trinajstić information content (AvgIpc) is 1.97. The molecule has 0 aromatic carbocycles. The predicted molar refractivity (Wildman–Crippen MR) is 51.1 cm³/mol. The molecule has 0 heterocycles. The third kappa shape index (κ3) is 6.13. The van der Waals surface area contributed by atoms with E-state index in [4.69, 9.17) is 4.74 Å². The summed E-state index contributed by atoms with van der Waals surface area (Å²) >= 11 is 0. The van der Waals surface area contributed by atoms with E-state index >= 15 is 0 Å². The number of hydrogen-bond donors (Lipinski definition) is 1. The van der Waals surface area contributed by atoms with Gasteiger partial charge in [0, 0.05) is 0 Å². The Balaban J connectivity index is 3.44. The van der Waals surface area contributed by atoms with Crippen molar-refractivity contribution < 1.29 is 9.84 Å². The lowest BCUT2D eigenvalue weighted by Crippen LogP contribution is -2.15. The van der Waals surface area contributed by atoms with Crippen LogP contribution in [0.2, 0.25) is 0 Å². The topological polar surface area (TPSA) is 29.5 Å². The molecule has 0 saturated carbocycles. The Morgan fingerprint density at radius 2 is 2.08 bits per heavy atom. The number of aliphatic hydroxyl groups excluding tert-OH is 1. The van der Waals surface area contributed by atoms with E-state index in [0.717, 1.165) is 5.57 Å². The summed E-state index contributed by atoms with van der Waals surface area (Å²) in [5.41, 5.74) is 1.96. The quantitative estimate of drug-likeness (QED) is 0.504. The highest BCUT2D eigenvalue weighted by atomic mass is 16.5. The van der Waals surface area contributed by atoms with Crippen LogP contribution in [0.4, 0.5) is 0 Å². The Labute approximate surface area is 74.6 Å². The minimum absolute atomic E-state index is 0.332. The maximum absolute atomic E-state index is 9.25. The van der Waals surface area contributed by atoms with Gasteiger partial charge in [-0.2, -0.15) is 0 Å². The third-order valence-electron chi connectivity index (χ3n) is 1.45. The first kappa shape index (κ1) is 11.4. The number of aliphatic hydroxyl groups is 1. The Kier molecular flexibility index (Phi) is 5.68. The highest BCUT2D eigenvalue weighted by molar-refractivity contribution is 4.97. The maximum atomic E-state index is 9.25. The second-order valence-electron chi connectivity index (χ2n) is 3.18. The molecule has 2 nitrogen and oxygen atoms in total. The van der Waals surface area contributed by atoms with Gasteiger partial charge in [0.25, 0.3) is 0 Å². The van der Waals surface area contributed by atoms with Crippen molar-refractivity contribution in [2.45, 2.75) is 26.9 Å². The first-order valence-electron chi connectivity index (χ1n) is 4.08. The Morgan fingerprint density at radius 1 is 1.50 bits per heavy atom. The van der Waals surface area contributed by atoms with Crippen LogP contribution in [0.3, 0.4) is 0 Å². The fraction of sp³-hybridized carbons (Fsp3) is 0.600. The van der Waals surface area contributed by atoms with E-state index in [1.807, 2.05) is 19.9 Å². The molecule has 0 fully saturated rings. The van der Waals surface area contributed by atoms with Crippen molar-refractivity contribution in [1.29, 1.82) is 0 Å². The molecule has 0 rings (SSSR count). The fourth-order valence-electron chi connectivity index (χ4n) is 0.548. The Morgan fingerprint density at radius 3 is 2.50 bits per heavy atom. The largest absolute Gasteiger partial charge is 0.386 e. The summed E-state index contributed by atoms with van der Waals surface area (Å²) in [4.78, 5) is 0. The molecule has 0 spiro atoms. The Hall–Kier alpha value is -0.600. The first-order valence-corrected chi connectivity index (χ1v) is 4.08. The molecule has 0 aliphatic rings. The molecule has 1 N–H and O–H groups in total. The summed E-state index contributed by atoms with van der Waals surface area (Å²) in [5, 5.41) is 9.25. The molecule has 1 atom stereocenters. The van der Waals surface area contributed by atoms with E-state index in [9.17, 15) is 5.11 Å². The molecule has 0 aromatic heterocycles. The second-order valence-corrected chi connectivity index (χ2v) is 3.18. The second kappa shape index (κ2) is 5.98. The lowest BCUT2D eigenvalue weighted by atomic mass is 10.2. The maximum Gasteiger partial charge on any atom is 0.0978 e. The standard InChI is InChI=1S/C10H18O2/c1-8(2)5-6-12-7-10(11)9(3)4/h5,10-11H,3,6-7H2,1-2,4H3. The van der Waals surface area contributed by atoms with Gasteiger partial charge in [-0.1, -0.05) is 18.2 Å². The molecule has 2 heteroatoms. The van der Waals surface area contributed by atoms with Crippen molar-refractivity contribution in [3.63, 3.8) is 0 Å². The molecule has 0 aliphatic carbocycles. The van der Waals surface area contributed by atoms with Gasteiger partial charge >= 0.3 is 0 Å². The van der Waals surface area contributed by atoms with Gasteiger partial charge in [0.2, 0.25) is 0 Å². The summed E-state index contributed by atoms with van der Waals surface area (Å²) in [6, 6.07) is 0. The third-order valence-corrected chi connectivity index (χ3v) is 1.45. The zero-order chi connectivity index (χ0) is 9.56. The summed E-state index contributed by atoms with van der Waals surface area (Å²) in [6.07, 6.45) is 1.45. The summed E-state index contributed by atoms with van der Waals surface area (Å²) in [7, 11) is 0. The highest BCUT2D eigenvalue weighted by Crippen LogP contribution is 1.98. The predicted octanol–water partition coefficient (Wildman–Crippen LogP) is 1.91. The van der Waals surface area contributed by atoms with Gasteiger partial charge in [0.1, 0.15) is 0 Å². The van der Waals surface area contributed by atoms with Crippen LogP contribution in [0.5, 0.6) is 0 Å². The van der Waals surface area contributed by atoms with E-state index in [1.165, 1.54) is 5.57 Å². The molecule has 0 saturated heterocycles. The van der Waals surface area contributed by atoms with Crippen LogP contribution in [-0.2, 0) is 4.74 Å². The van der Waals surface area contributed by atoms with Crippen molar-refractivity contribution in [2.24, 2.45) is 0 Å². The molecule has 12 heavy (non-hydrogen) atoms. The van der Waals surface area contributed by atoms with Gasteiger partial charge in [-0.15, -0.1) is 0 Å². The molecule has 0 amide bonds. The van der Waals surface area contributed by atoms with Crippen LogP contribution < -0.4 is 0 Å². The van der Waals surface area contributed by atoms with Gasteiger partial charge in [-0.3, -0.25) is 0 Å². The van der Waals surface area contributed by atoms with E-state index < -0.39 is 6.10 Å². The molecule has 0 aromatic rings. The summed E-state index contributed by atoms with van der Waals surface area (Å²) in [6.45, 7) is 10.3. The summed E-state index contributed by atoms with van der Waals surface area (Å²) in [5.74, 6) is 0. The molecule has 0 aliphatic heterocycles. The minimum Gasteiger partial charge on any atom is -0.386 e. The minimum atomic E-state index is -0.532. The summed E-state index contributed by atoms with van der Waals surface area (Å²) < 4.78 is 5.18. The van der Waals surface area contributed by atoms with Crippen molar-refractivity contribution in [1.82, 2.24) is 0 Å². The van der Waals surface area contributed by atoms with Crippen LogP contribution >= 0.6 is 0 Å².